The minimum atomic E-state index is -4.96. The van der Waals surface area contributed by atoms with Gasteiger partial charge >= 0.3 is 12.4 Å². The van der Waals surface area contributed by atoms with Gasteiger partial charge in [-0.15, -0.1) is 0 Å². The van der Waals surface area contributed by atoms with Gasteiger partial charge in [-0.1, -0.05) is 48.6 Å². The Labute approximate surface area is 290 Å². The first-order chi connectivity index (χ1) is 24.7. The van der Waals surface area contributed by atoms with Crippen LogP contribution < -0.4 is 0 Å². The highest BCUT2D eigenvalue weighted by Crippen LogP contribution is 2.58. The largest absolute Gasteiger partial charge is 0.419 e. The zero-order valence-electron chi connectivity index (χ0n) is 26.1. The van der Waals surface area contributed by atoms with E-state index in [2.05, 4.69) is 0 Å². The number of nitriles is 4. The summed E-state index contributed by atoms with van der Waals surface area (Å²) in [5, 5.41) is 39.9. The highest BCUT2D eigenvalue weighted by molar-refractivity contribution is 6.12. The number of nitrogens with zero attached hydrogens (tertiary/aromatic N) is 4. The minimum Gasteiger partial charge on any atom is -0.206 e. The molecule has 0 saturated heterocycles. The molecule has 52 heavy (non-hydrogen) atoms. The number of rotatable bonds is 2. The topological polar surface area (TPSA) is 95.2 Å². The fraction of sp³-hybridized carbons (Fsp3) is 0.100. The van der Waals surface area contributed by atoms with Crippen molar-refractivity contribution in [2.24, 2.45) is 5.92 Å². The molecule has 2 atom stereocenters. The molecule has 2 unspecified atom stereocenters. The molecule has 4 aromatic carbocycles. The maximum absolute atomic E-state index is 14.1. The molecule has 0 N–H and O–H groups in total. The van der Waals surface area contributed by atoms with E-state index in [-0.39, 0.29) is 44.5 Å². The predicted molar refractivity (Wildman–Crippen MR) is 172 cm³/mol. The molecule has 7 rings (SSSR count). The molecule has 3 aliphatic rings. The van der Waals surface area contributed by atoms with E-state index in [0.717, 1.165) is 0 Å². The van der Waals surface area contributed by atoms with Crippen molar-refractivity contribution in [3.8, 4) is 46.5 Å². The Balaban J connectivity index is 1.41. The van der Waals surface area contributed by atoms with Crippen molar-refractivity contribution in [3.05, 3.63) is 147 Å². The molecule has 0 radical (unpaired) electrons. The second-order valence-electron chi connectivity index (χ2n) is 12.1. The van der Waals surface area contributed by atoms with Gasteiger partial charge in [-0.3, -0.25) is 0 Å². The Hall–Kier alpha value is -6.76. The summed E-state index contributed by atoms with van der Waals surface area (Å²) in [6.07, 6.45) is -6.39. The molecule has 4 aromatic rings. The van der Waals surface area contributed by atoms with Gasteiger partial charge in [0.15, 0.2) is 0 Å². The number of hydrogen-bond acceptors (Lipinski definition) is 4. The van der Waals surface area contributed by atoms with Crippen LogP contribution in [0.2, 0.25) is 0 Å². The monoisotopic (exact) mass is 704 g/mol. The Morgan fingerprint density at radius 2 is 0.962 bits per heavy atom. The second kappa shape index (κ2) is 11.9. The Morgan fingerprint density at radius 3 is 1.48 bits per heavy atom. The van der Waals surface area contributed by atoms with E-state index in [1.54, 1.807) is 24.3 Å². The molecule has 12 heteroatoms. The number of benzene rings is 4. The van der Waals surface area contributed by atoms with Gasteiger partial charge in [0.25, 0.3) is 0 Å². The lowest BCUT2D eigenvalue weighted by Gasteiger charge is -2.23. The molecule has 0 saturated carbocycles. The molecule has 0 heterocycles. The van der Waals surface area contributed by atoms with Crippen LogP contribution >= 0.6 is 0 Å². The molecule has 0 aliphatic heterocycles. The summed E-state index contributed by atoms with van der Waals surface area (Å²) in [6, 6.07) is 22.0. The van der Waals surface area contributed by atoms with Crippen molar-refractivity contribution < 1.29 is 35.1 Å². The fourth-order valence-corrected chi connectivity index (χ4v) is 7.19. The number of hydrogen-bond donors (Lipinski definition) is 0. The van der Waals surface area contributed by atoms with Gasteiger partial charge in [0.05, 0.1) is 11.1 Å². The predicted octanol–water partition coefficient (Wildman–Crippen LogP) is 10.7. The fourth-order valence-electron chi connectivity index (χ4n) is 7.19. The van der Waals surface area contributed by atoms with Gasteiger partial charge in [0, 0.05) is 17.4 Å². The highest BCUT2D eigenvalue weighted by Gasteiger charge is 2.43. The zero-order chi connectivity index (χ0) is 37.3. The number of halogens is 8. The number of allylic oxidation sites excluding steroid dienone is 8. The van der Waals surface area contributed by atoms with E-state index >= 15 is 0 Å². The molecule has 0 amide bonds. The molecule has 0 aromatic heterocycles. The molecule has 3 aliphatic carbocycles. The van der Waals surface area contributed by atoms with Crippen LogP contribution in [0.15, 0.2) is 102 Å². The van der Waals surface area contributed by atoms with Gasteiger partial charge in [0.2, 0.25) is 0 Å². The lowest BCUT2D eigenvalue weighted by atomic mass is 9.79. The van der Waals surface area contributed by atoms with Crippen molar-refractivity contribution in [2.75, 3.05) is 0 Å². The molecular weight excluding hydrogens is 688 g/mol. The van der Waals surface area contributed by atoms with Crippen LogP contribution in [0.25, 0.3) is 39.0 Å². The summed E-state index contributed by atoms with van der Waals surface area (Å²) >= 11 is 0. The molecule has 0 spiro atoms. The lowest BCUT2D eigenvalue weighted by Crippen LogP contribution is -2.09. The van der Waals surface area contributed by atoms with E-state index in [1.807, 2.05) is 24.3 Å². The summed E-state index contributed by atoms with van der Waals surface area (Å²) in [5.74, 6) is -4.14. The van der Waals surface area contributed by atoms with Gasteiger partial charge < -0.3 is 0 Å². The summed E-state index contributed by atoms with van der Waals surface area (Å²) in [6.45, 7) is 0. The first-order valence-corrected chi connectivity index (χ1v) is 15.3. The van der Waals surface area contributed by atoms with Crippen molar-refractivity contribution in [2.45, 2.75) is 18.3 Å². The van der Waals surface area contributed by atoms with Crippen LogP contribution in [-0.4, -0.2) is 0 Å². The van der Waals surface area contributed by atoms with Crippen molar-refractivity contribution in [1.82, 2.24) is 0 Å². The Morgan fingerprint density at radius 1 is 0.500 bits per heavy atom. The number of fused-ring (bicyclic) bond motifs is 6. The van der Waals surface area contributed by atoms with E-state index in [1.165, 1.54) is 36.4 Å². The van der Waals surface area contributed by atoms with Gasteiger partial charge in [-0.05, 0) is 97.6 Å². The lowest BCUT2D eigenvalue weighted by molar-refractivity contribution is -0.140. The van der Waals surface area contributed by atoms with Crippen LogP contribution in [0.5, 0.6) is 0 Å². The molecule has 0 fully saturated rings. The first kappa shape index (κ1) is 33.7. The van der Waals surface area contributed by atoms with Gasteiger partial charge in [-0.2, -0.15) is 47.4 Å². The third-order valence-corrected chi connectivity index (χ3v) is 9.43. The van der Waals surface area contributed by atoms with Crippen LogP contribution in [-0.2, 0) is 12.4 Å². The third-order valence-electron chi connectivity index (χ3n) is 9.43. The quantitative estimate of drug-likeness (QED) is 0.153. The summed E-state index contributed by atoms with van der Waals surface area (Å²) < 4.78 is 109. The molecule has 252 valence electrons. The summed E-state index contributed by atoms with van der Waals surface area (Å²) in [4.78, 5) is 0. The Kier molecular flexibility index (Phi) is 7.74. The van der Waals surface area contributed by atoms with Crippen molar-refractivity contribution in [3.63, 3.8) is 0 Å². The molecule has 4 nitrogen and oxygen atoms in total. The number of alkyl halides is 6. The zero-order valence-corrected chi connectivity index (χ0v) is 26.1. The molecular formula is C40H16F8N4. The van der Waals surface area contributed by atoms with E-state index < -0.39 is 46.9 Å². The maximum atomic E-state index is 14.1. The molecule has 0 bridgehead atoms. The van der Waals surface area contributed by atoms with E-state index in [9.17, 15) is 56.2 Å². The highest BCUT2D eigenvalue weighted by atomic mass is 19.4. The minimum absolute atomic E-state index is 0.0344. The van der Waals surface area contributed by atoms with Crippen LogP contribution in [0, 0.1) is 62.9 Å². The van der Waals surface area contributed by atoms with E-state index in [0.29, 0.717) is 57.7 Å². The summed E-state index contributed by atoms with van der Waals surface area (Å²) in [7, 11) is 0. The van der Waals surface area contributed by atoms with Gasteiger partial charge in [-0.25, -0.2) is 8.78 Å². The van der Waals surface area contributed by atoms with Crippen LogP contribution in [0.3, 0.4) is 0 Å². The first-order valence-electron chi connectivity index (χ1n) is 15.3. The average Bonchev–Trinajstić information content (AvgIpc) is 3.59. The SMILES string of the molecule is N#CC(C#N)=C1C2=CC3c4ccc(-c5ccc(F)c(C(F)(F)F)c5)cc4C(=C(C#N)C#N)C3C=C2c2ccc(-c3ccc(F)c(C(F)(F)F)c3)cc21. The average molecular weight is 705 g/mol. The van der Waals surface area contributed by atoms with Crippen LogP contribution in [0.1, 0.15) is 39.3 Å². The Bertz CT molecular complexity index is 2540. The second-order valence-corrected chi connectivity index (χ2v) is 12.1. The van der Waals surface area contributed by atoms with E-state index in [4.69, 9.17) is 0 Å². The normalized spacial score (nSPS) is 16.9. The third kappa shape index (κ3) is 5.25. The van der Waals surface area contributed by atoms with Crippen LogP contribution in [0.4, 0.5) is 35.1 Å². The van der Waals surface area contributed by atoms with Gasteiger partial charge in [0.1, 0.15) is 47.1 Å². The smallest absolute Gasteiger partial charge is 0.206 e. The maximum Gasteiger partial charge on any atom is 0.419 e. The standard InChI is InChI=1S/C40H16F8N4/c41-35-7-3-21(11-33(35)39(43,44)45)19-1-5-25-27-13-32-28(14-31(27)37(29(25)9-19)23(15-49)16-50)26-6-2-20(10-30(26)38(32)24(17-51)18-52)22-4-8-36(42)34(12-22)40(46,47)48/h1-14,27,31H. The van der Waals surface area contributed by atoms with Crippen molar-refractivity contribution >= 4 is 16.7 Å². The van der Waals surface area contributed by atoms with Crippen molar-refractivity contribution in [1.29, 1.82) is 21.0 Å². The summed E-state index contributed by atoms with van der Waals surface area (Å²) in [5.41, 5.74) is 0.411.